The highest BCUT2D eigenvalue weighted by Crippen LogP contribution is 2.45. The molecule has 4 heterocycles. The molecule has 3 aliphatic heterocycles. The second kappa shape index (κ2) is 10.3. The number of thioether (sulfide) groups is 1. The number of pyridine rings is 1. The fourth-order valence-electron chi connectivity index (χ4n) is 5.25. The van der Waals surface area contributed by atoms with Crippen LogP contribution < -0.4 is 19.9 Å². The molecule has 2 atom stereocenters. The molecular weight excluding hydrogens is 574 g/mol. The number of sulfonamides is 1. The second-order valence-electron chi connectivity index (χ2n) is 9.78. The van der Waals surface area contributed by atoms with Crippen LogP contribution in [0.15, 0.2) is 54.9 Å². The molecule has 0 saturated carbocycles. The minimum Gasteiger partial charge on any atom is -0.497 e. The Hall–Kier alpha value is -3.32. The Morgan fingerprint density at radius 1 is 1.07 bits per heavy atom. The van der Waals surface area contributed by atoms with Crippen molar-refractivity contribution in [2.45, 2.75) is 11.3 Å². The topological polar surface area (TPSA) is 112 Å². The number of carbonyl (C=O) groups excluding carboxylic acids is 2. The van der Waals surface area contributed by atoms with Crippen LogP contribution in [0.2, 0.25) is 5.02 Å². The molecule has 208 valence electrons. The fraction of sp³-hybridized carbons (Fsp3) is 0.296. The number of aromatic nitrogens is 1. The van der Waals surface area contributed by atoms with E-state index in [1.54, 1.807) is 25.4 Å². The van der Waals surface area contributed by atoms with E-state index in [0.29, 0.717) is 48.0 Å². The normalized spacial score (nSPS) is 21.8. The predicted octanol–water partition coefficient (Wildman–Crippen LogP) is 3.56. The minimum absolute atomic E-state index is 0.342. The first-order valence-electron chi connectivity index (χ1n) is 12.6. The van der Waals surface area contributed by atoms with E-state index < -0.39 is 27.3 Å². The number of imide groups is 1. The first-order valence-corrected chi connectivity index (χ1v) is 15.7. The van der Waals surface area contributed by atoms with Crippen LogP contribution in [0.5, 0.6) is 5.75 Å². The van der Waals surface area contributed by atoms with Crippen LogP contribution in [0, 0.1) is 0 Å². The van der Waals surface area contributed by atoms with Gasteiger partial charge in [-0.1, -0.05) is 17.7 Å². The lowest BCUT2D eigenvalue weighted by Crippen LogP contribution is -2.60. The number of hydrogen-bond donors (Lipinski definition) is 1. The smallest absolute Gasteiger partial charge is 0.329 e. The number of methoxy groups -OCH3 is 1. The molecule has 2 unspecified atom stereocenters. The van der Waals surface area contributed by atoms with Crippen LogP contribution in [-0.2, 0) is 14.8 Å². The molecule has 2 saturated heterocycles. The molecule has 2 aromatic carbocycles. The van der Waals surface area contributed by atoms with Crippen molar-refractivity contribution in [1.29, 1.82) is 0 Å². The number of nitrogens with zero attached hydrogens (tertiary/aromatic N) is 4. The first kappa shape index (κ1) is 26.9. The number of benzene rings is 2. The highest BCUT2D eigenvalue weighted by atomic mass is 35.5. The number of urea groups is 1. The Bertz CT molecular complexity index is 1670. The Morgan fingerprint density at radius 3 is 2.58 bits per heavy atom. The van der Waals surface area contributed by atoms with E-state index in [1.807, 2.05) is 30.3 Å². The molecule has 3 aliphatic rings. The Morgan fingerprint density at radius 2 is 1.85 bits per heavy atom. The lowest BCUT2D eigenvalue weighted by atomic mass is 10.1. The van der Waals surface area contributed by atoms with Gasteiger partial charge >= 0.3 is 6.03 Å². The lowest BCUT2D eigenvalue weighted by Gasteiger charge is -2.35. The third-order valence-corrected chi connectivity index (χ3v) is 10.3. The van der Waals surface area contributed by atoms with Gasteiger partial charge in [0.15, 0.2) is 0 Å². The zero-order valence-corrected chi connectivity index (χ0v) is 24.1. The standard InChI is InChI=1S/C27H26ClN5O5S2/c1-38-18-5-6-21(28)20(12-18)24-13-22-25(39-24)26(34)33(27(35)30-22)23-15-29-14-16-3-4-17(11-19(16)23)31-7-9-32(10-8-31)40(2,36)37/h3-6,11-15,22,25H,7-10H2,1-2H3,(H,30,35). The van der Waals surface area contributed by atoms with Crippen LogP contribution in [-0.4, -0.2) is 80.5 Å². The van der Waals surface area contributed by atoms with Gasteiger partial charge in [-0.3, -0.25) is 9.78 Å². The number of rotatable bonds is 5. The number of halogens is 1. The van der Waals surface area contributed by atoms with Crippen LogP contribution in [0.3, 0.4) is 0 Å². The van der Waals surface area contributed by atoms with Crippen molar-refractivity contribution in [3.8, 4) is 5.75 Å². The number of fused-ring (bicyclic) bond motifs is 2. The van der Waals surface area contributed by atoms with Crippen molar-refractivity contribution in [2.24, 2.45) is 0 Å². The third-order valence-electron chi connectivity index (χ3n) is 7.34. The number of carbonyl (C=O) groups is 2. The molecule has 13 heteroatoms. The molecule has 0 radical (unpaired) electrons. The summed E-state index contributed by atoms with van der Waals surface area (Å²) in [5.41, 5.74) is 2.01. The number of nitrogens with one attached hydrogen (secondary N) is 1. The summed E-state index contributed by atoms with van der Waals surface area (Å²) in [7, 11) is -1.67. The molecule has 3 amide bonds. The van der Waals surface area contributed by atoms with Gasteiger partial charge in [0, 0.05) is 64.3 Å². The summed E-state index contributed by atoms with van der Waals surface area (Å²) < 4.78 is 30.6. The van der Waals surface area contributed by atoms with E-state index in [1.165, 1.54) is 33.4 Å². The number of ether oxygens (including phenoxy) is 1. The molecule has 2 fully saturated rings. The van der Waals surface area contributed by atoms with Gasteiger partial charge in [0.2, 0.25) is 10.0 Å². The lowest BCUT2D eigenvalue weighted by molar-refractivity contribution is -0.118. The van der Waals surface area contributed by atoms with Gasteiger partial charge in [-0.25, -0.2) is 18.1 Å². The second-order valence-corrected chi connectivity index (χ2v) is 13.4. The molecule has 1 aromatic heterocycles. The maximum Gasteiger partial charge on any atom is 0.329 e. The zero-order valence-electron chi connectivity index (χ0n) is 21.7. The SMILES string of the molecule is COc1ccc(Cl)c(C2=CC3NC(=O)N(c4cncc5ccc(N6CCN(S(C)(=O)=O)CC6)cc45)C(=O)C3S2)c1. The van der Waals surface area contributed by atoms with E-state index in [4.69, 9.17) is 16.3 Å². The molecule has 40 heavy (non-hydrogen) atoms. The molecule has 0 bridgehead atoms. The first-order chi connectivity index (χ1) is 19.1. The summed E-state index contributed by atoms with van der Waals surface area (Å²) in [4.78, 5) is 35.5. The summed E-state index contributed by atoms with van der Waals surface area (Å²) in [6.45, 7) is 1.84. The van der Waals surface area contributed by atoms with Crippen LogP contribution in [0.1, 0.15) is 5.56 Å². The molecular formula is C27H26ClN5O5S2. The van der Waals surface area contributed by atoms with E-state index >= 15 is 0 Å². The largest absolute Gasteiger partial charge is 0.497 e. The quantitative estimate of drug-likeness (QED) is 0.474. The Labute approximate surface area is 241 Å². The summed E-state index contributed by atoms with van der Waals surface area (Å²) in [6, 6.07) is 10.1. The van der Waals surface area contributed by atoms with Crippen molar-refractivity contribution < 1.29 is 22.7 Å². The Balaban J connectivity index is 1.29. The van der Waals surface area contributed by atoms with Gasteiger partial charge in [0.05, 0.1) is 31.3 Å². The van der Waals surface area contributed by atoms with Crippen LogP contribution >= 0.6 is 23.4 Å². The monoisotopic (exact) mass is 599 g/mol. The third kappa shape index (κ3) is 4.78. The molecule has 1 N–H and O–H groups in total. The molecule has 0 spiro atoms. The Kier molecular flexibility index (Phi) is 6.89. The van der Waals surface area contributed by atoms with Gasteiger partial charge in [-0.15, -0.1) is 11.8 Å². The number of anilines is 2. The van der Waals surface area contributed by atoms with Gasteiger partial charge in [-0.05, 0) is 36.4 Å². The van der Waals surface area contributed by atoms with Crippen molar-refractivity contribution in [2.75, 3.05) is 49.3 Å². The average molecular weight is 600 g/mol. The number of amides is 3. The van der Waals surface area contributed by atoms with Crippen molar-refractivity contribution >= 4 is 72.4 Å². The summed E-state index contributed by atoms with van der Waals surface area (Å²) in [5, 5.41) is 4.39. The van der Waals surface area contributed by atoms with Gasteiger partial charge in [0.1, 0.15) is 11.0 Å². The molecule has 10 nitrogen and oxygen atoms in total. The van der Waals surface area contributed by atoms with Gasteiger partial charge < -0.3 is 15.0 Å². The summed E-state index contributed by atoms with van der Waals surface area (Å²) in [5.74, 6) is 0.300. The number of hydrogen-bond acceptors (Lipinski definition) is 8. The highest BCUT2D eigenvalue weighted by Gasteiger charge is 2.46. The summed E-state index contributed by atoms with van der Waals surface area (Å²) in [6.07, 6.45) is 6.29. The van der Waals surface area contributed by atoms with Crippen LogP contribution in [0.25, 0.3) is 15.7 Å². The fourth-order valence-corrected chi connectivity index (χ4v) is 7.64. The molecule has 6 rings (SSSR count). The van der Waals surface area contributed by atoms with Crippen LogP contribution in [0.4, 0.5) is 16.2 Å². The van der Waals surface area contributed by atoms with Crippen molar-refractivity contribution in [1.82, 2.24) is 14.6 Å². The highest BCUT2D eigenvalue weighted by molar-refractivity contribution is 8.09. The van der Waals surface area contributed by atoms with E-state index in [9.17, 15) is 18.0 Å². The van der Waals surface area contributed by atoms with Gasteiger partial charge in [-0.2, -0.15) is 4.31 Å². The maximum atomic E-state index is 13.8. The van der Waals surface area contributed by atoms with Crippen molar-refractivity contribution in [3.05, 3.63) is 65.5 Å². The average Bonchev–Trinajstić information content (AvgIpc) is 3.37. The minimum atomic E-state index is -3.24. The summed E-state index contributed by atoms with van der Waals surface area (Å²) >= 11 is 7.81. The zero-order chi connectivity index (χ0) is 28.2. The number of piperazine rings is 1. The van der Waals surface area contributed by atoms with E-state index in [0.717, 1.165) is 21.5 Å². The molecule has 0 aliphatic carbocycles. The predicted molar refractivity (Wildman–Crippen MR) is 158 cm³/mol. The maximum absolute atomic E-state index is 13.8. The van der Waals surface area contributed by atoms with Gasteiger partial charge in [0.25, 0.3) is 5.91 Å². The van der Waals surface area contributed by atoms with E-state index in [-0.39, 0.29) is 5.91 Å². The van der Waals surface area contributed by atoms with Crippen molar-refractivity contribution in [3.63, 3.8) is 0 Å². The van der Waals surface area contributed by atoms with E-state index in [2.05, 4.69) is 15.2 Å². The molecule has 3 aromatic rings.